The normalized spacial score (nSPS) is 17.3. The molecule has 0 aliphatic carbocycles. The zero-order chi connectivity index (χ0) is 17.6. The van der Waals surface area contributed by atoms with Crippen molar-refractivity contribution in [3.05, 3.63) is 29.8 Å². The number of carbonyl (C=O) groups is 1. The second kappa shape index (κ2) is 8.49. The molecule has 5 heteroatoms. The molecule has 0 spiro atoms. The van der Waals surface area contributed by atoms with Crippen molar-refractivity contribution < 1.29 is 14.3 Å². The van der Waals surface area contributed by atoms with Crippen LogP contribution in [-0.2, 0) is 14.9 Å². The molecule has 1 aromatic rings. The summed E-state index contributed by atoms with van der Waals surface area (Å²) in [6.45, 7) is 11.3. The van der Waals surface area contributed by atoms with Crippen LogP contribution in [0.4, 0.5) is 0 Å². The molecule has 1 N–H and O–H groups in total. The van der Waals surface area contributed by atoms with Gasteiger partial charge in [0.2, 0.25) is 5.91 Å². The van der Waals surface area contributed by atoms with Crippen LogP contribution in [0.15, 0.2) is 24.3 Å². The molecule has 0 aromatic heterocycles. The molecular weight excluding hydrogens is 304 g/mol. The molecule has 1 fully saturated rings. The second-order valence-electron chi connectivity index (χ2n) is 7.05. The van der Waals surface area contributed by atoms with Crippen LogP contribution in [0.3, 0.4) is 0 Å². The van der Waals surface area contributed by atoms with E-state index >= 15 is 0 Å². The largest absolute Gasteiger partial charge is 0.496 e. The minimum atomic E-state index is -0.634. The Bertz CT molecular complexity index is 539. The van der Waals surface area contributed by atoms with Gasteiger partial charge in [0.25, 0.3) is 0 Å². The van der Waals surface area contributed by atoms with Crippen LogP contribution in [0.2, 0.25) is 0 Å². The fourth-order valence-electron chi connectivity index (χ4n) is 3.06. The monoisotopic (exact) mass is 334 g/mol. The van der Waals surface area contributed by atoms with Gasteiger partial charge in [-0.2, -0.15) is 0 Å². The summed E-state index contributed by atoms with van der Waals surface area (Å²) < 4.78 is 10.8. The average molecular weight is 334 g/mol. The van der Waals surface area contributed by atoms with Gasteiger partial charge < -0.3 is 14.8 Å². The van der Waals surface area contributed by atoms with Gasteiger partial charge in [-0.1, -0.05) is 25.1 Å². The maximum absolute atomic E-state index is 12.7. The highest BCUT2D eigenvalue weighted by Crippen LogP contribution is 2.31. The van der Waals surface area contributed by atoms with Gasteiger partial charge >= 0.3 is 0 Å². The van der Waals surface area contributed by atoms with Crippen LogP contribution < -0.4 is 10.1 Å². The van der Waals surface area contributed by atoms with Crippen molar-refractivity contribution in [3.8, 4) is 5.75 Å². The summed E-state index contributed by atoms with van der Waals surface area (Å²) >= 11 is 0. The molecule has 1 atom stereocenters. The fraction of sp³-hybridized carbons (Fsp3) is 0.632. The first-order valence-electron chi connectivity index (χ1n) is 8.67. The fourth-order valence-corrected chi connectivity index (χ4v) is 3.06. The van der Waals surface area contributed by atoms with Gasteiger partial charge in [0, 0.05) is 31.7 Å². The first-order chi connectivity index (χ1) is 11.4. The lowest BCUT2D eigenvalue weighted by Gasteiger charge is -2.30. The smallest absolute Gasteiger partial charge is 0.230 e. The highest BCUT2D eigenvalue weighted by atomic mass is 16.5. The predicted octanol–water partition coefficient (Wildman–Crippen LogP) is 2.06. The number of benzene rings is 1. The molecule has 24 heavy (non-hydrogen) atoms. The minimum absolute atomic E-state index is 0.0285. The molecular formula is C19H30N2O3. The molecule has 1 amide bonds. The molecule has 1 aromatic carbocycles. The van der Waals surface area contributed by atoms with E-state index < -0.39 is 5.41 Å². The summed E-state index contributed by atoms with van der Waals surface area (Å²) in [4.78, 5) is 15.1. The molecule has 2 rings (SSSR count). The second-order valence-corrected chi connectivity index (χ2v) is 7.05. The Labute approximate surface area is 145 Å². The number of hydrogen-bond donors (Lipinski definition) is 1. The molecule has 1 heterocycles. The van der Waals surface area contributed by atoms with Gasteiger partial charge in [0.15, 0.2) is 0 Å². The number of nitrogens with one attached hydrogen (secondary N) is 1. The summed E-state index contributed by atoms with van der Waals surface area (Å²) in [7, 11) is 1.64. The van der Waals surface area contributed by atoms with Crippen molar-refractivity contribution in [1.82, 2.24) is 10.2 Å². The zero-order valence-electron chi connectivity index (χ0n) is 15.3. The van der Waals surface area contributed by atoms with E-state index in [4.69, 9.17) is 9.47 Å². The number of morpholine rings is 1. The standard InChI is InChI=1S/C19H30N2O3/c1-15(14-21-9-11-24-12-10-21)13-20-18(22)19(2,3)16-7-5-6-8-17(16)23-4/h5-8,15H,9-14H2,1-4H3,(H,20,22). The number of carbonyl (C=O) groups excluding carboxylic acids is 1. The minimum Gasteiger partial charge on any atom is -0.496 e. The SMILES string of the molecule is COc1ccccc1C(C)(C)C(=O)NCC(C)CN1CCOCC1. The molecule has 0 radical (unpaired) electrons. The van der Waals surface area contributed by atoms with E-state index in [1.807, 2.05) is 38.1 Å². The molecule has 5 nitrogen and oxygen atoms in total. The molecule has 134 valence electrons. The third-order valence-electron chi connectivity index (χ3n) is 4.63. The van der Waals surface area contributed by atoms with Crippen LogP contribution >= 0.6 is 0 Å². The van der Waals surface area contributed by atoms with Gasteiger partial charge in [-0.05, 0) is 25.8 Å². The number of amides is 1. The molecule has 1 aliphatic rings. The number of nitrogens with zero attached hydrogens (tertiary/aromatic N) is 1. The molecule has 1 aliphatic heterocycles. The van der Waals surface area contributed by atoms with Crippen molar-refractivity contribution in [2.45, 2.75) is 26.2 Å². The number of methoxy groups -OCH3 is 1. The quantitative estimate of drug-likeness (QED) is 0.829. The van der Waals surface area contributed by atoms with Gasteiger partial charge in [0.1, 0.15) is 5.75 Å². The Hall–Kier alpha value is -1.59. The lowest BCUT2D eigenvalue weighted by Crippen LogP contribution is -2.45. The van der Waals surface area contributed by atoms with Crippen LogP contribution in [0.25, 0.3) is 0 Å². The number of hydrogen-bond acceptors (Lipinski definition) is 4. The molecule has 0 saturated carbocycles. The summed E-state index contributed by atoms with van der Waals surface area (Å²) in [6.07, 6.45) is 0. The number of ether oxygens (including phenoxy) is 2. The zero-order valence-corrected chi connectivity index (χ0v) is 15.3. The van der Waals surface area contributed by atoms with E-state index in [2.05, 4.69) is 17.1 Å². The number of para-hydroxylation sites is 1. The topological polar surface area (TPSA) is 50.8 Å². The highest BCUT2D eigenvalue weighted by Gasteiger charge is 2.32. The molecule has 1 saturated heterocycles. The third-order valence-corrected chi connectivity index (χ3v) is 4.63. The lowest BCUT2D eigenvalue weighted by molar-refractivity contribution is -0.125. The van der Waals surface area contributed by atoms with Crippen LogP contribution in [0.5, 0.6) is 5.75 Å². The van der Waals surface area contributed by atoms with Crippen molar-refractivity contribution in [3.63, 3.8) is 0 Å². The first kappa shape index (κ1) is 18.7. The first-order valence-corrected chi connectivity index (χ1v) is 8.67. The van der Waals surface area contributed by atoms with E-state index in [1.54, 1.807) is 7.11 Å². The highest BCUT2D eigenvalue weighted by molar-refractivity contribution is 5.88. The summed E-state index contributed by atoms with van der Waals surface area (Å²) in [5, 5.41) is 3.11. The third kappa shape index (κ3) is 4.71. The van der Waals surface area contributed by atoms with E-state index in [0.29, 0.717) is 12.5 Å². The van der Waals surface area contributed by atoms with E-state index in [1.165, 1.54) is 0 Å². The Kier molecular flexibility index (Phi) is 6.63. The Morgan fingerprint density at radius 2 is 2.00 bits per heavy atom. The van der Waals surface area contributed by atoms with Crippen LogP contribution in [0.1, 0.15) is 26.3 Å². The summed E-state index contributed by atoms with van der Waals surface area (Å²) in [5.74, 6) is 1.18. The van der Waals surface area contributed by atoms with Crippen molar-refractivity contribution in [2.24, 2.45) is 5.92 Å². The number of rotatable bonds is 7. The van der Waals surface area contributed by atoms with E-state index in [9.17, 15) is 4.79 Å². The average Bonchev–Trinajstić information content (AvgIpc) is 2.60. The van der Waals surface area contributed by atoms with Crippen LogP contribution in [0, 0.1) is 5.92 Å². The Morgan fingerprint density at radius 1 is 1.33 bits per heavy atom. The van der Waals surface area contributed by atoms with Crippen molar-refractivity contribution in [1.29, 1.82) is 0 Å². The van der Waals surface area contributed by atoms with Crippen molar-refractivity contribution >= 4 is 5.91 Å². The van der Waals surface area contributed by atoms with Crippen molar-refractivity contribution in [2.75, 3.05) is 46.5 Å². The molecule has 1 unspecified atom stereocenters. The molecule has 0 bridgehead atoms. The maximum atomic E-state index is 12.7. The van der Waals surface area contributed by atoms with Crippen LogP contribution in [-0.4, -0.2) is 57.3 Å². The van der Waals surface area contributed by atoms with Gasteiger partial charge in [-0.15, -0.1) is 0 Å². The van der Waals surface area contributed by atoms with Gasteiger partial charge in [0.05, 0.1) is 25.7 Å². The Morgan fingerprint density at radius 3 is 2.67 bits per heavy atom. The van der Waals surface area contributed by atoms with E-state index in [-0.39, 0.29) is 5.91 Å². The Balaban J connectivity index is 1.90. The van der Waals surface area contributed by atoms with E-state index in [0.717, 1.165) is 44.2 Å². The van der Waals surface area contributed by atoms with Gasteiger partial charge in [-0.25, -0.2) is 0 Å². The summed E-state index contributed by atoms with van der Waals surface area (Å²) in [6, 6.07) is 7.70. The predicted molar refractivity (Wildman–Crippen MR) is 95.5 cm³/mol. The van der Waals surface area contributed by atoms with Gasteiger partial charge in [-0.3, -0.25) is 9.69 Å². The maximum Gasteiger partial charge on any atom is 0.230 e. The summed E-state index contributed by atoms with van der Waals surface area (Å²) in [5.41, 5.74) is 0.275. The lowest BCUT2D eigenvalue weighted by atomic mass is 9.83.